The molecule has 102 valence electrons. The van der Waals surface area contributed by atoms with E-state index in [1.165, 1.54) is 0 Å². The topological polar surface area (TPSA) is 56.5 Å². The second-order valence-electron chi connectivity index (χ2n) is 4.40. The quantitative estimate of drug-likeness (QED) is 0.896. The van der Waals surface area contributed by atoms with Crippen molar-refractivity contribution >= 4 is 0 Å². The van der Waals surface area contributed by atoms with E-state index < -0.39 is 6.10 Å². The monoisotopic (exact) mass is 262 g/mol. The Morgan fingerprint density at radius 3 is 2.74 bits per heavy atom. The molecule has 0 saturated heterocycles. The summed E-state index contributed by atoms with van der Waals surface area (Å²) in [6, 6.07) is 5.41. The maximum Gasteiger partial charge on any atom is 0.161 e. The molecule has 19 heavy (non-hydrogen) atoms. The van der Waals surface area contributed by atoms with E-state index in [2.05, 4.69) is 5.10 Å². The highest BCUT2D eigenvalue weighted by Gasteiger charge is 2.09. The molecule has 2 aromatic rings. The Morgan fingerprint density at radius 2 is 2.16 bits per heavy atom. The summed E-state index contributed by atoms with van der Waals surface area (Å²) in [5.74, 6) is 1.26. The molecule has 0 spiro atoms. The molecule has 0 aliphatic rings. The minimum absolute atomic E-state index is 0.429. The van der Waals surface area contributed by atoms with E-state index in [0.717, 1.165) is 11.1 Å². The Labute approximate surface area is 112 Å². The highest BCUT2D eigenvalue weighted by Crippen LogP contribution is 2.30. The first-order valence-corrected chi connectivity index (χ1v) is 6.06. The lowest BCUT2D eigenvalue weighted by Gasteiger charge is -2.12. The fourth-order valence-electron chi connectivity index (χ4n) is 1.77. The third-order valence-electron chi connectivity index (χ3n) is 2.82. The summed E-state index contributed by atoms with van der Waals surface area (Å²) in [6.45, 7) is 2.14. The molecule has 1 aromatic heterocycles. The summed E-state index contributed by atoms with van der Waals surface area (Å²) in [5, 5.41) is 13.6. The minimum atomic E-state index is -0.527. The maximum atomic E-state index is 9.54. The van der Waals surface area contributed by atoms with Crippen molar-refractivity contribution in [2.75, 3.05) is 7.11 Å². The fraction of sp³-hybridized carbons (Fsp3) is 0.357. The Bertz CT molecular complexity index is 549. The molecule has 5 heteroatoms. The second kappa shape index (κ2) is 5.75. The van der Waals surface area contributed by atoms with Crippen LogP contribution in [-0.2, 0) is 13.7 Å². The van der Waals surface area contributed by atoms with E-state index in [-0.39, 0.29) is 0 Å². The molecule has 2 rings (SSSR count). The van der Waals surface area contributed by atoms with Gasteiger partial charge in [0.15, 0.2) is 11.5 Å². The number of nitrogens with zero attached hydrogens (tertiary/aromatic N) is 2. The molecule has 0 bridgehead atoms. The molecule has 0 fully saturated rings. The van der Waals surface area contributed by atoms with E-state index in [4.69, 9.17) is 9.47 Å². The molecule has 1 unspecified atom stereocenters. The van der Waals surface area contributed by atoms with Crippen LogP contribution < -0.4 is 9.47 Å². The predicted octanol–water partition coefficient (Wildman–Crippen LogP) is 2.06. The lowest BCUT2D eigenvalue weighted by Crippen LogP contribution is -1.99. The van der Waals surface area contributed by atoms with Crippen LogP contribution in [0.4, 0.5) is 0 Å². The van der Waals surface area contributed by atoms with Crippen molar-refractivity contribution in [1.29, 1.82) is 0 Å². The Kier molecular flexibility index (Phi) is 4.06. The third kappa shape index (κ3) is 3.26. The smallest absolute Gasteiger partial charge is 0.161 e. The van der Waals surface area contributed by atoms with Crippen LogP contribution in [0.5, 0.6) is 11.5 Å². The van der Waals surface area contributed by atoms with Crippen LogP contribution in [0.25, 0.3) is 0 Å². The van der Waals surface area contributed by atoms with Crippen molar-refractivity contribution in [3.8, 4) is 11.5 Å². The van der Waals surface area contributed by atoms with Gasteiger partial charge in [0, 0.05) is 18.8 Å². The lowest BCUT2D eigenvalue weighted by molar-refractivity contribution is 0.198. The molecule has 1 aromatic carbocycles. The standard InChI is InChI=1S/C14H18N2O3/c1-10(17)12-4-5-13(14(6-12)18-3)19-9-11-7-15-16(2)8-11/h4-8,10,17H,9H2,1-3H3. The zero-order valence-corrected chi connectivity index (χ0v) is 11.3. The maximum absolute atomic E-state index is 9.54. The summed E-state index contributed by atoms with van der Waals surface area (Å²) in [5.41, 5.74) is 1.79. The number of hydrogen-bond acceptors (Lipinski definition) is 4. The fourth-order valence-corrected chi connectivity index (χ4v) is 1.77. The van der Waals surface area contributed by atoms with E-state index in [1.54, 1.807) is 37.0 Å². The Balaban J connectivity index is 2.11. The molecule has 1 atom stereocenters. The van der Waals surface area contributed by atoms with Crippen LogP contribution in [0.2, 0.25) is 0 Å². The van der Waals surface area contributed by atoms with Gasteiger partial charge in [-0.25, -0.2) is 0 Å². The Morgan fingerprint density at radius 1 is 1.37 bits per heavy atom. The molecule has 0 saturated carbocycles. The second-order valence-corrected chi connectivity index (χ2v) is 4.40. The van der Waals surface area contributed by atoms with Gasteiger partial charge in [-0.05, 0) is 24.6 Å². The number of hydrogen-bond donors (Lipinski definition) is 1. The van der Waals surface area contributed by atoms with Gasteiger partial charge in [0.2, 0.25) is 0 Å². The normalized spacial score (nSPS) is 12.2. The van der Waals surface area contributed by atoms with Gasteiger partial charge in [-0.2, -0.15) is 5.10 Å². The SMILES string of the molecule is COc1cc(C(C)O)ccc1OCc1cnn(C)c1. The summed E-state index contributed by atoms with van der Waals surface area (Å²) >= 11 is 0. The van der Waals surface area contributed by atoms with Gasteiger partial charge < -0.3 is 14.6 Å². The Hall–Kier alpha value is -2.01. The number of aliphatic hydroxyl groups is 1. The number of aryl methyl sites for hydroxylation is 1. The van der Waals surface area contributed by atoms with E-state index in [0.29, 0.717) is 18.1 Å². The lowest BCUT2D eigenvalue weighted by atomic mass is 10.1. The zero-order valence-electron chi connectivity index (χ0n) is 11.3. The van der Waals surface area contributed by atoms with E-state index in [9.17, 15) is 5.11 Å². The molecular weight excluding hydrogens is 244 g/mol. The van der Waals surface area contributed by atoms with Crippen molar-refractivity contribution in [1.82, 2.24) is 9.78 Å². The average Bonchev–Trinajstić information content (AvgIpc) is 2.81. The number of benzene rings is 1. The molecular formula is C14H18N2O3. The van der Waals surface area contributed by atoms with Crippen molar-refractivity contribution in [2.45, 2.75) is 19.6 Å². The number of aliphatic hydroxyl groups excluding tert-OH is 1. The third-order valence-corrected chi connectivity index (χ3v) is 2.82. The largest absolute Gasteiger partial charge is 0.493 e. The van der Waals surface area contributed by atoms with Crippen molar-refractivity contribution in [3.63, 3.8) is 0 Å². The summed E-state index contributed by atoms with van der Waals surface area (Å²) in [6.07, 6.45) is 3.13. The molecule has 1 heterocycles. The van der Waals surface area contributed by atoms with Gasteiger partial charge in [0.1, 0.15) is 6.61 Å². The van der Waals surface area contributed by atoms with Gasteiger partial charge in [-0.15, -0.1) is 0 Å². The molecule has 0 radical (unpaired) electrons. The predicted molar refractivity (Wildman–Crippen MR) is 71.2 cm³/mol. The van der Waals surface area contributed by atoms with Gasteiger partial charge >= 0.3 is 0 Å². The van der Waals surface area contributed by atoms with Gasteiger partial charge in [-0.1, -0.05) is 6.07 Å². The van der Waals surface area contributed by atoms with E-state index >= 15 is 0 Å². The number of rotatable bonds is 5. The summed E-state index contributed by atoms with van der Waals surface area (Å²) in [7, 11) is 3.44. The zero-order chi connectivity index (χ0) is 13.8. The summed E-state index contributed by atoms with van der Waals surface area (Å²) in [4.78, 5) is 0. The van der Waals surface area contributed by atoms with Crippen molar-refractivity contribution in [2.24, 2.45) is 7.05 Å². The highest BCUT2D eigenvalue weighted by atomic mass is 16.5. The van der Waals surface area contributed by atoms with Crippen molar-refractivity contribution < 1.29 is 14.6 Å². The molecule has 0 aliphatic heterocycles. The van der Waals surface area contributed by atoms with Crippen LogP contribution in [0, 0.1) is 0 Å². The highest BCUT2D eigenvalue weighted by molar-refractivity contribution is 5.43. The molecule has 1 N–H and O–H groups in total. The average molecular weight is 262 g/mol. The van der Waals surface area contributed by atoms with Gasteiger partial charge in [0.05, 0.1) is 19.4 Å². The number of ether oxygens (including phenoxy) is 2. The van der Waals surface area contributed by atoms with Gasteiger partial charge in [0.25, 0.3) is 0 Å². The van der Waals surface area contributed by atoms with Crippen LogP contribution in [0.3, 0.4) is 0 Å². The van der Waals surface area contributed by atoms with Gasteiger partial charge in [-0.3, -0.25) is 4.68 Å². The van der Waals surface area contributed by atoms with E-state index in [1.807, 2.05) is 19.3 Å². The summed E-state index contributed by atoms with van der Waals surface area (Å²) < 4.78 is 12.7. The van der Waals surface area contributed by atoms with Crippen LogP contribution >= 0.6 is 0 Å². The molecule has 5 nitrogen and oxygen atoms in total. The van der Waals surface area contributed by atoms with Crippen molar-refractivity contribution in [3.05, 3.63) is 41.7 Å². The van der Waals surface area contributed by atoms with Crippen LogP contribution in [-0.4, -0.2) is 22.0 Å². The number of methoxy groups -OCH3 is 1. The van der Waals surface area contributed by atoms with Crippen LogP contribution in [0.15, 0.2) is 30.6 Å². The van der Waals surface area contributed by atoms with Crippen LogP contribution in [0.1, 0.15) is 24.2 Å². The first-order chi connectivity index (χ1) is 9.10. The number of aromatic nitrogens is 2. The minimum Gasteiger partial charge on any atom is -0.493 e. The first kappa shape index (κ1) is 13.4. The molecule has 0 amide bonds. The first-order valence-electron chi connectivity index (χ1n) is 6.06. The molecule has 0 aliphatic carbocycles.